The summed E-state index contributed by atoms with van der Waals surface area (Å²) < 4.78 is 0. The highest BCUT2D eigenvalue weighted by Gasteiger charge is 2.10. The van der Waals surface area contributed by atoms with Crippen LogP contribution in [0.15, 0.2) is 24.8 Å². The largest absolute Gasteiger partial charge is 0.346 e. The van der Waals surface area contributed by atoms with E-state index in [0.29, 0.717) is 0 Å². The van der Waals surface area contributed by atoms with Crippen molar-refractivity contribution < 1.29 is 0 Å². The van der Waals surface area contributed by atoms with E-state index in [1.807, 2.05) is 18.5 Å². The molecule has 0 aliphatic rings. The molecule has 0 aliphatic heterocycles. The molecular weight excluding hydrogens is 250 g/mol. The molecule has 5 nitrogen and oxygen atoms in total. The van der Waals surface area contributed by atoms with Crippen LogP contribution in [0, 0.1) is 13.8 Å². The first-order valence-corrected chi connectivity index (χ1v) is 6.70. The van der Waals surface area contributed by atoms with Gasteiger partial charge in [-0.2, -0.15) is 0 Å². The number of aryl methyl sites for hydroxylation is 3. The van der Waals surface area contributed by atoms with E-state index in [1.54, 1.807) is 6.33 Å². The summed E-state index contributed by atoms with van der Waals surface area (Å²) in [5, 5.41) is 4.33. The van der Waals surface area contributed by atoms with Crippen LogP contribution in [0.3, 0.4) is 0 Å². The number of hydrogen-bond acceptors (Lipinski definition) is 4. The van der Waals surface area contributed by atoms with Gasteiger partial charge in [0.05, 0.1) is 5.39 Å². The molecule has 0 aliphatic carbocycles. The van der Waals surface area contributed by atoms with Crippen LogP contribution in [0.4, 0.5) is 11.6 Å². The summed E-state index contributed by atoms with van der Waals surface area (Å²) in [6.45, 7) is 6.25. The van der Waals surface area contributed by atoms with Gasteiger partial charge in [0.15, 0.2) is 0 Å². The van der Waals surface area contributed by atoms with Crippen molar-refractivity contribution in [2.45, 2.75) is 27.2 Å². The smallest absolute Gasteiger partial charge is 0.144 e. The van der Waals surface area contributed by atoms with Crippen LogP contribution in [0.25, 0.3) is 11.0 Å². The first-order valence-electron chi connectivity index (χ1n) is 6.70. The van der Waals surface area contributed by atoms with Gasteiger partial charge in [-0.1, -0.05) is 6.92 Å². The van der Waals surface area contributed by atoms with Gasteiger partial charge in [0.1, 0.15) is 23.6 Å². The fourth-order valence-corrected chi connectivity index (χ4v) is 2.21. The Morgan fingerprint density at radius 2 is 2.00 bits per heavy atom. The first-order chi connectivity index (χ1) is 9.69. The molecular formula is C15H17N5. The lowest BCUT2D eigenvalue weighted by Gasteiger charge is -2.08. The molecule has 20 heavy (non-hydrogen) atoms. The van der Waals surface area contributed by atoms with Gasteiger partial charge >= 0.3 is 0 Å². The lowest BCUT2D eigenvalue weighted by atomic mass is 10.2. The SMILES string of the molecule is CCc1c[nH]c2ncnc(Nc3cc(C)c(C)cn3)c12. The summed E-state index contributed by atoms with van der Waals surface area (Å²) in [5.74, 6) is 1.60. The van der Waals surface area contributed by atoms with Crippen LogP contribution in [0.2, 0.25) is 0 Å². The lowest BCUT2D eigenvalue weighted by Crippen LogP contribution is -1.99. The molecule has 102 valence electrons. The Hall–Kier alpha value is -2.43. The van der Waals surface area contributed by atoms with Gasteiger partial charge in [0.25, 0.3) is 0 Å². The molecule has 0 spiro atoms. The number of pyridine rings is 1. The molecule has 0 saturated heterocycles. The molecule has 3 aromatic heterocycles. The topological polar surface area (TPSA) is 66.5 Å². The molecule has 0 radical (unpaired) electrons. The number of nitrogens with one attached hydrogen (secondary N) is 2. The zero-order valence-electron chi connectivity index (χ0n) is 11.9. The Bertz CT molecular complexity index is 760. The molecule has 3 heterocycles. The standard InChI is InChI=1S/C15H17N5/c1-4-11-7-17-14-13(11)15(19-8-18-14)20-12-5-9(2)10(3)6-16-12/h5-8H,4H2,1-3H3,(H2,16,17,18,19,20). The summed E-state index contributed by atoms with van der Waals surface area (Å²) in [7, 11) is 0. The number of hydrogen-bond donors (Lipinski definition) is 2. The molecule has 3 rings (SSSR count). The Morgan fingerprint density at radius 1 is 1.15 bits per heavy atom. The average molecular weight is 267 g/mol. The Balaban J connectivity index is 2.05. The first kappa shape index (κ1) is 12.6. The van der Waals surface area contributed by atoms with Gasteiger partial charge in [-0.15, -0.1) is 0 Å². The maximum Gasteiger partial charge on any atom is 0.144 e. The minimum Gasteiger partial charge on any atom is -0.346 e. The van der Waals surface area contributed by atoms with Gasteiger partial charge in [-0.25, -0.2) is 15.0 Å². The molecule has 0 bridgehead atoms. The minimum absolute atomic E-state index is 0.795. The summed E-state index contributed by atoms with van der Waals surface area (Å²) in [5.41, 5.74) is 4.44. The third kappa shape index (κ3) is 2.11. The summed E-state index contributed by atoms with van der Waals surface area (Å²) in [6, 6.07) is 2.03. The fourth-order valence-electron chi connectivity index (χ4n) is 2.21. The molecule has 3 aromatic rings. The minimum atomic E-state index is 0.795. The van der Waals surface area contributed by atoms with E-state index in [9.17, 15) is 0 Å². The number of rotatable bonds is 3. The Labute approximate surface area is 117 Å². The number of aromatic nitrogens is 4. The van der Waals surface area contributed by atoms with Gasteiger partial charge in [0.2, 0.25) is 0 Å². The third-order valence-corrected chi connectivity index (χ3v) is 3.55. The zero-order valence-corrected chi connectivity index (χ0v) is 11.9. The van der Waals surface area contributed by atoms with Gasteiger partial charge in [-0.05, 0) is 43.0 Å². The van der Waals surface area contributed by atoms with Crippen LogP contribution in [-0.2, 0) is 6.42 Å². The summed E-state index contributed by atoms with van der Waals surface area (Å²) in [6.07, 6.45) is 6.34. The van der Waals surface area contributed by atoms with Crippen LogP contribution in [0.5, 0.6) is 0 Å². The van der Waals surface area contributed by atoms with E-state index in [-0.39, 0.29) is 0 Å². The number of H-pyrrole nitrogens is 1. The van der Waals surface area contributed by atoms with E-state index in [2.05, 4.69) is 46.0 Å². The quantitative estimate of drug-likeness (QED) is 0.764. The van der Waals surface area contributed by atoms with Crippen molar-refractivity contribution in [3.63, 3.8) is 0 Å². The second-order valence-electron chi connectivity index (χ2n) is 4.89. The second kappa shape index (κ2) is 4.92. The molecule has 0 aromatic carbocycles. The van der Waals surface area contributed by atoms with Crippen molar-refractivity contribution in [3.05, 3.63) is 41.5 Å². The van der Waals surface area contributed by atoms with Crippen molar-refractivity contribution in [3.8, 4) is 0 Å². The fraction of sp³-hybridized carbons (Fsp3) is 0.267. The summed E-state index contributed by atoms with van der Waals surface area (Å²) >= 11 is 0. The maximum absolute atomic E-state index is 4.40. The van der Waals surface area contributed by atoms with Crippen LogP contribution in [-0.4, -0.2) is 19.9 Å². The molecule has 0 unspecified atom stereocenters. The highest BCUT2D eigenvalue weighted by molar-refractivity contribution is 5.91. The predicted molar refractivity (Wildman–Crippen MR) is 80.3 cm³/mol. The van der Waals surface area contributed by atoms with Crippen LogP contribution < -0.4 is 5.32 Å². The number of aromatic amines is 1. The van der Waals surface area contributed by atoms with Crippen molar-refractivity contribution in [1.82, 2.24) is 19.9 Å². The maximum atomic E-state index is 4.40. The van der Waals surface area contributed by atoms with Gasteiger partial charge in [-0.3, -0.25) is 0 Å². The lowest BCUT2D eigenvalue weighted by molar-refractivity contribution is 1.15. The monoisotopic (exact) mass is 267 g/mol. The Kier molecular flexibility index (Phi) is 3.10. The van der Waals surface area contributed by atoms with Crippen LogP contribution >= 0.6 is 0 Å². The van der Waals surface area contributed by atoms with E-state index >= 15 is 0 Å². The molecule has 0 fully saturated rings. The normalized spacial score (nSPS) is 10.9. The highest BCUT2D eigenvalue weighted by atomic mass is 15.1. The molecule has 5 heteroatoms. The molecule has 0 saturated carbocycles. The van der Waals surface area contributed by atoms with Crippen LogP contribution in [0.1, 0.15) is 23.6 Å². The highest BCUT2D eigenvalue weighted by Crippen LogP contribution is 2.26. The van der Waals surface area contributed by atoms with Crippen molar-refractivity contribution in [2.75, 3.05) is 5.32 Å². The van der Waals surface area contributed by atoms with E-state index in [4.69, 9.17) is 0 Å². The molecule has 0 atom stereocenters. The number of anilines is 2. The zero-order chi connectivity index (χ0) is 14.1. The predicted octanol–water partition coefficient (Wildman–Crippen LogP) is 3.28. The van der Waals surface area contributed by atoms with E-state index < -0.39 is 0 Å². The second-order valence-corrected chi connectivity index (χ2v) is 4.89. The Morgan fingerprint density at radius 3 is 2.75 bits per heavy atom. The molecule has 2 N–H and O–H groups in total. The van der Waals surface area contributed by atoms with Gasteiger partial charge < -0.3 is 10.3 Å². The number of fused-ring (bicyclic) bond motifs is 1. The van der Waals surface area contributed by atoms with Crippen molar-refractivity contribution in [2.24, 2.45) is 0 Å². The average Bonchev–Trinajstić information content (AvgIpc) is 2.87. The summed E-state index contributed by atoms with van der Waals surface area (Å²) in [4.78, 5) is 16.2. The molecule has 0 amide bonds. The number of nitrogens with zero attached hydrogens (tertiary/aromatic N) is 3. The van der Waals surface area contributed by atoms with Crippen molar-refractivity contribution >= 4 is 22.7 Å². The van der Waals surface area contributed by atoms with E-state index in [0.717, 1.165) is 29.1 Å². The third-order valence-electron chi connectivity index (χ3n) is 3.55. The van der Waals surface area contributed by atoms with Crippen molar-refractivity contribution in [1.29, 1.82) is 0 Å². The van der Waals surface area contributed by atoms with Gasteiger partial charge in [0, 0.05) is 12.4 Å². The van der Waals surface area contributed by atoms with E-state index in [1.165, 1.54) is 16.7 Å².